The Labute approximate surface area is 141 Å². The molecule has 0 aliphatic heterocycles. The molecule has 0 saturated carbocycles. The molecule has 0 saturated heterocycles. The molecular weight excluding hydrogens is 398 g/mol. The zero-order valence-electron chi connectivity index (χ0n) is 11.6. The monoisotopic (exact) mass is 412 g/mol. The maximum absolute atomic E-state index is 13.1. The minimum atomic E-state index is -0.851. The zero-order valence-corrected chi connectivity index (χ0v) is 13.7. The summed E-state index contributed by atoms with van der Waals surface area (Å²) < 4.78 is 14.2. The van der Waals surface area contributed by atoms with Gasteiger partial charge in [-0.25, -0.2) is 4.39 Å². The Morgan fingerprint density at radius 3 is 2.45 bits per heavy atom. The number of carbonyl (C=O) groups excluding carboxylic acids is 2. The third-order valence-corrected chi connectivity index (χ3v) is 3.81. The molecule has 3 N–H and O–H groups in total. The van der Waals surface area contributed by atoms with E-state index in [9.17, 15) is 14.0 Å². The second-order valence-corrected chi connectivity index (χ2v) is 6.01. The van der Waals surface area contributed by atoms with Crippen LogP contribution in [-0.2, 0) is 11.2 Å². The van der Waals surface area contributed by atoms with Crippen molar-refractivity contribution in [3.05, 3.63) is 69.0 Å². The van der Waals surface area contributed by atoms with E-state index in [1.807, 2.05) is 24.3 Å². The number of amides is 2. The molecule has 4 nitrogen and oxygen atoms in total. The number of rotatable bonds is 5. The highest BCUT2D eigenvalue weighted by atomic mass is 127. The molecule has 1 atom stereocenters. The molecule has 0 bridgehead atoms. The van der Waals surface area contributed by atoms with Crippen LogP contribution in [0.3, 0.4) is 0 Å². The van der Waals surface area contributed by atoms with Gasteiger partial charge in [-0.15, -0.1) is 0 Å². The predicted octanol–water partition coefficient (Wildman–Crippen LogP) is 2.26. The number of hydrogen-bond acceptors (Lipinski definition) is 2. The summed E-state index contributed by atoms with van der Waals surface area (Å²) in [5, 5.41) is 2.54. The molecule has 2 aromatic carbocycles. The van der Waals surface area contributed by atoms with Gasteiger partial charge in [0.15, 0.2) is 0 Å². The number of benzene rings is 2. The maximum Gasteiger partial charge on any atom is 0.252 e. The van der Waals surface area contributed by atoms with Gasteiger partial charge in [-0.05, 0) is 58.5 Å². The Morgan fingerprint density at radius 1 is 1.18 bits per heavy atom. The first-order valence-electron chi connectivity index (χ1n) is 6.56. The Hall–Kier alpha value is -1.96. The summed E-state index contributed by atoms with van der Waals surface area (Å²) in [7, 11) is 0. The SMILES string of the molecule is NC(=O)[C@H](Cc1ccc(I)cc1)NC(=O)c1cccc(F)c1. The lowest BCUT2D eigenvalue weighted by atomic mass is 10.0. The second kappa shape index (κ2) is 7.35. The average molecular weight is 412 g/mol. The third kappa shape index (κ3) is 4.52. The van der Waals surface area contributed by atoms with Crippen molar-refractivity contribution in [2.24, 2.45) is 5.73 Å². The molecule has 22 heavy (non-hydrogen) atoms. The first kappa shape index (κ1) is 16.4. The molecule has 6 heteroatoms. The number of nitrogens with one attached hydrogen (secondary N) is 1. The maximum atomic E-state index is 13.1. The van der Waals surface area contributed by atoms with Crippen LogP contribution in [0.5, 0.6) is 0 Å². The molecule has 2 amide bonds. The lowest BCUT2D eigenvalue weighted by Crippen LogP contribution is -2.45. The van der Waals surface area contributed by atoms with Gasteiger partial charge in [0.1, 0.15) is 11.9 Å². The van der Waals surface area contributed by atoms with Crippen molar-refractivity contribution < 1.29 is 14.0 Å². The predicted molar refractivity (Wildman–Crippen MR) is 89.7 cm³/mol. The van der Waals surface area contributed by atoms with Gasteiger partial charge in [-0.1, -0.05) is 18.2 Å². The molecule has 0 radical (unpaired) electrons. The second-order valence-electron chi connectivity index (χ2n) is 4.77. The highest BCUT2D eigenvalue weighted by Gasteiger charge is 2.19. The van der Waals surface area contributed by atoms with Crippen LogP contribution in [0, 0.1) is 9.39 Å². The van der Waals surface area contributed by atoms with Crippen LogP contribution in [0.15, 0.2) is 48.5 Å². The van der Waals surface area contributed by atoms with Crippen LogP contribution >= 0.6 is 22.6 Å². The zero-order chi connectivity index (χ0) is 16.1. The quantitative estimate of drug-likeness (QED) is 0.740. The molecule has 0 unspecified atom stereocenters. The molecule has 2 aromatic rings. The van der Waals surface area contributed by atoms with Gasteiger partial charge in [0.05, 0.1) is 0 Å². The van der Waals surface area contributed by atoms with Gasteiger partial charge < -0.3 is 11.1 Å². The van der Waals surface area contributed by atoms with E-state index in [0.717, 1.165) is 15.2 Å². The highest BCUT2D eigenvalue weighted by molar-refractivity contribution is 14.1. The first-order chi connectivity index (χ1) is 10.5. The van der Waals surface area contributed by atoms with E-state index >= 15 is 0 Å². The average Bonchev–Trinajstić information content (AvgIpc) is 2.48. The molecule has 0 spiro atoms. The van der Waals surface area contributed by atoms with E-state index in [0.29, 0.717) is 0 Å². The van der Waals surface area contributed by atoms with E-state index in [4.69, 9.17) is 5.73 Å². The van der Waals surface area contributed by atoms with Gasteiger partial charge in [0.2, 0.25) is 5.91 Å². The fourth-order valence-corrected chi connectivity index (χ4v) is 2.31. The van der Waals surface area contributed by atoms with Crippen molar-refractivity contribution >= 4 is 34.4 Å². The molecule has 2 rings (SSSR count). The molecule has 0 heterocycles. The summed E-state index contributed by atoms with van der Waals surface area (Å²) in [5.74, 6) is -1.68. The van der Waals surface area contributed by atoms with Crippen molar-refractivity contribution in [1.82, 2.24) is 5.32 Å². The Morgan fingerprint density at radius 2 is 1.86 bits per heavy atom. The summed E-state index contributed by atoms with van der Waals surface area (Å²) in [6, 6.07) is 12.0. The van der Waals surface area contributed by atoms with Crippen molar-refractivity contribution in [2.45, 2.75) is 12.5 Å². The molecule has 0 aliphatic carbocycles. The van der Waals surface area contributed by atoms with Crippen LogP contribution in [0.4, 0.5) is 4.39 Å². The summed E-state index contributed by atoms with van der Waals surface area (Å²) in [6.07, 6.45) is 0.285. The van der Waals surface area contributed by atoms with E-state index in [1.165, 1.54) is 18.2 Å². The Balaban J connectivity index is 2.10. The molecule has 114 valence electrons. The standard InChI is InChI=1S/C16H14FIN2O2/c17-12-3-1-2-11(9-12)16(22)20-14(15(19)21)8-10-4-6-13(18)7-5-10/h1-7,9,14H,8H2,(H2,19,21)(H,20,22)/t14-/m0/s1. The lowest BCUT2D eigenvalue weighted by molar-refractivity contribution is -0.119. The van der Waals surface area contributed by atoms with Crippen molar-refractivity contribution in [3.63, 3.8) is 0 Å². The summed E-state index contributed by atoms with van der Waals surface area (Å²) in [6.45, 7) is 0. The minimum Gasteiger partial charge on any atom is -0.368 e. The van der Waals surface area contributed by atoms with E-state index in [2.05, 4.69) is 27.9 Å². The van der Waals surface area contributed by atoms with E-state index in [1.54, 1.807) is 0 Å². The fourth-order valence-electron chi connectivity index (χ4n) is 1.95. The number of carbonyl (C=O) groups is 2. The molecule has 0 aliphatic rings. The largest absolute Gasteiger partial charge is 0.368 e. The van der Waals surface area contributed by atoms with Crippen LogP contribution in [0.1, 0.15) is 15.9 Å². The number of nitrogens with two attached hydrogens (primary N) is 1. The van der Waals surface area contributed by atoms with Gasteiger partial charge in [0.25, 0.3) is 5.91 Å². The summed E-state index contributed by atoms with van der Waals surface area (Å²) >= 11 is 2.18. The first-order valence-corrected chi connectivity index (χ1v) is 7.64. The smallest absolute Gasteiger partial charge is 0.252 e. The van der Waals surface area contributed by atoms with Gasteiger partial charge in [-0.3, -0.25) is 9.59 Å². The lowest BCUT2D eigenvalue weighted by Gasteiger charge is -2.15. The number of hydrogen-bond donors (Lipinski definition) is 2. The molecule has 0 aromatic heterocycles. The van der Waals surface area contributed by atoms with Gasteiger partial charge >= 0.3 is 0 Å². The highest BCUT2D eigenvalue weighted by Crippen LogP contribution is 2.10. The third-order valence-electron chi connectivity index (χ3n) is 3.09. The Bertz CT molecular complexity index is 689. The topological polar surface area (TPSA) is 72.2 Å². The van der Waals surface area contributed by atoms with Crippen LogP contribution in [0.2, 0.25) is 0 Å². The summed E-state index contributed by atoms with van der Waals surface area (Å²) in [5.41, 5.74) is 6.37. The van der Waals surface area contributed by atoms with Crippen molar-refractivity contribution in [1.29, 1.82) is 0 Å². The Kier molecular flexibility index (Phi) is 5.48. The van der Waals surface area contributed by atoms with Crippen molar-refractivity contribution in [3.8, 4) is 0 Å². The van der Waals surface area contributed by atoms with Crippen molar-refractivity contribution in [2.75, 3.05) is 0 Å². The fraction of sp³-hybridized carbons (Fsp3) is 0.125. The van der Waals surface area contributed by atoms with E-state index in [-0.39, 0.29) is 12.0 Å². The number of primary amides is 1. The van der Waals surface area contributed by atoms with E-state index < -0.39 is 23.7 Å². The normalized spacial score (nSPS) is 11.7. The van der Waals surface area contributed by atoms with Crippen LogP contribution < -0.4 is 11.1 Å². The van der Waals surface area contributed by atoms with Crippen LogP contribution in [-0.4, -0.2) is 17.9 Å². The van der Waals surface area contributed by atoms with Crippen LogP contribution in [0.25, 0.3) is 0 Å². The molecular formula is C16H14FIN2O2. The summed E-state index contributed by atoms with van der Waals surface area (Å²) in [4.78, 5) is 23.6. The minimum absolute atomic E-state index is 0.147. The van der Waals surface area contributed by atoms with Gasteiger partial charge in [0, 0.05) is 15.6 Å². The number of halogens is 2. The molecule has 0 fully saturated rings. The van der Waals surface area contributed by atoms with Gasteiger partial charge in [-0.2, -0.15) is 0 Å².